The van der Waals surface area contributed by atoms with Crippen molar-refractivity contribution in [3.8, 4) is 0 Å². The van der Waals surface area contributed by atoms with E-state index in [0.717, 1.165) is 12.0 Å². The van der Waals surface area contributed by atoms with E-state index in [-0.39, 0.29) is 18.6 Å². The maximum absolute atomic E-state index is 11.9. The molecular formula is C14H21NO2. The molecule has 17 heavy (non-hydrogen) atoms. The monoisotopic (exact) mass is 235 g/mol. The molecule has 1 N–H and O–H groups in total. The highest BCUT2D eigenvalue weighted by atomic mass is 16.3. The Labute approximate surface area is 103 Å². The lowest BCUT2D eigenvalue weighted by molar-refractivity contribution is -0.132. The molecule has 0 aromatic heterocycles. The number of benzene rings is 1. The van der Waals surface area contributed by atoms with Gasteiger partial charge in [-0.1, -0.05) is 37.3 Å². The van der Waals surface area contributed by atoms with E-state index in [4.69, 9.17) is 5.11 Å². The number of hydrogen-bond donors (Lipinski definition) is 1. The van der Waals surface area contributed by atoms with Crippen molar-refractivity contribution < 1.29 is 9.90 Å². The highest BCUT2D eigenvalue weighted by molar-refractivity contribution is 5.76. The van der Waals surface area contributed by atoms with Crippen LogP contribution in [-0.4, -0.2) is 29.6 Å². The first kappa shape index (κ1) is 13.7. The molecule has 1 amide bonds. The van der Waals surface area contributed by atoms with Crippen LogP contribution in [0, 0.1) is 0 Å². The highest BCUT2D eigenvalue weighted by Crippen LogP contribution is 2.23. The second-order valence-corrected chi connectivity index (χ2v) is 4.19. The molecule has 0 saturated heterocycles. The summed E-state index contributed by atoms with van der Waals surface area (Å²) in [5.41, 5.74) is 1.08. The number of aliphatic hydroxyl groups excluding tert-OH is 1. The molecule has 3 heteroatoms. The minimum Gasteiger partial charge on any atom is -0.396 e. The zero-order chi connectivity index (χ0) is 12.7. The molecule has 1 atom stereocenters. The summed E-state index contributed by atoms with van der Waals surface area (Å²) in [7, 11) is 1.81. The fourth-order valence-electron chi connectivity index (χ4n) is 1.95. The molecule has 0 aliphatic carbocycles. The van der Waals surface area contributed by atoms with Gasteiger partial charge in [0.1, 0.15) is 0 Å². The molecule has 0 heterocycles. The Morgan fingerprint density at radius 3 is 2.53 bits per heavy atom. The van der Waals surface area contributed by atoms with Gasteiger partial charge in [-0.2, -0.15) is 0 Å². The van der Waals surface area contributed by atoms with Crippen LogP contribution in [0.15, 0.2) is 30.3 Å². The van der Waals surface area contributed by atoms with Crippen LogP contribution >= 0.6 is 0 Å². The SMILES string of the molecule is CCCC(=O)N(C)C(CCO)c1ccccc1. The molecule has 0 saturated carbocycles. The van der Waals surface area contributed by atoms with Crippen LogP contribution in [-0.2, 0) is 4.79 Å². The molecule has 1 unspecified atom stereocenters. The van der Waals surface area contributed by atoms with Crippen molar-refractivity contribution in [1.82, 2.24) is 4.90 Å². The van der Waals surface area contributed by atoms with Crippen LogP contribution < -0.4 is 0 Å². The molecule has 1 rings (SSSR count). The van der Waals surface area contributed by atoms with Crippen LogP contribution in [0.4, 0.5) is 0 Å². The number of hydrogen-bond acceptors (Lipinski definition) is 2. The first-order valence-electron chi connectivity index (χ1n) is 6.12. The Bertz CT molecular complexity index is 337. The van der Waals surface area contributed by atoms with Crippen molar-refractivity contribution in [1.29, 1.82) is 0 Å². The van der Waals surface area contributed by atoms with E-state index in [1.807, 2.05) is 44.3 Å². The van der Waals surface area contributed by atoms with Crippen LogP contribution in [0.1, 0.15) is 37.8 Å². The van der Waals surface area contributed by atoms with Gasteiger partial charge in [0.15, 0.2) is 0 Å². The Morgan fingerprint density at radius 1 is 1.35 bits per heavy atom. The number of nitrogens with zero attached hydrogens (tertiary/aromatic N) is 1. The van der Waals surface area contributed by atoms with Gasteiger partial charge in [0.25, 0.3) is 0 Å². The number of carbonyl (C=O) groups excluding carboxylic acids is 1. The topological polar surface area (TPSA) is 40.5 Å². The van der Waals surface area contributed by atoms with Gasteiger partial charge < -0.3 is 10.0 Å². The molecule has 3 nitrogen and oxygen atoms in total. The number of aliphatic hydroxyl groups is 1. The van der Waals surface area contributed by atoms with Crippen LogP contribution in [0.2, 0.25) is 0 Å². The second-order valence-electron chi connectivity index (χ2n) is 4.19. The van der Waals surface area contributed by atoms with E-state index in [1.165, 1.54) is 0 Å². The minimum absolute atomic E-state index is 0.0275. The third-order valence-corrected chi connectivity index (χ3v) is 2.91. The maximum atomic E-state index is 11.9. The third-order valence-electron chi connectivity index (χ3n) is 2.91. The summed E-state index contributed by atoms with van der Waals surface area (Å²) in [4.78, 5) is 13.6. The maximum Gasteiger partial charge on any atom is 0.222 e. The van der Waals surface area contributed by atoms with Gasteiger partial charge in [0.2, 0.25) is 5.91 Å². The third kappa shape index (κ3) is 3.86. The quantitative estimate of drug-likeness (QED) is 0.822. The van der Waals surface area contributed by atoms with Gasteiger partial charge in [-0.25, -0.2) is 0 Å². The Hall–Kier alpha value is -1.35. The second kappa shape index (κ2) is 7.07. The molecule has 1 aromatic carbocycles. The Morgan fingerprint density at radius 2 is 2.00 bits per heavy atom. The van der Waals surface area contributed by atoms with Gasteiger partial charge in [-0.3, -0.25) is 4.79 Å². The predicted octanol–water partition coefficient (Wildman–Crippen LogP) is 2.37. The van der Waals surface area contributed by atoms with Crippen LogP contribution in [0.5, 0.6) is 0 Å². The van der Waals surface area contributed by atoms with Crippen LogP contribution in [0.25, 0.3) is 0 Å². The minimum atomic E-state index is -0.0275. The molecule has 1 aromatic rings. The highest BCUT2D eigenvalue weighted by Gasteiger charge is 2.20. The van der Waals surface area contributed by atoms with E-state index in [2.05, 4.69) is 0 Å². The largest absolute Gasteiger partial charge is 0.396 e. The number of rotatable bonds is 6. The van der Waals surface area contributed by atoms with Crippen molar-refractivity contribution in [2.45, 2.75) is 32.2 Å². The van der Waals surface area contributed by atoms with Crippen molar-refractivity contribution >= 4 is 5.91 Å². The zero-order valence-electron chi connectivity index (χ0n) is 10.6. The first-order chi connectivity index (χ1) is 8.20. The van der Waals surface area contributed by atoms with Gasteiger partial charge in [0.05, 0.1) is 6.04 Å². The number of amides is 1. The number of carbonyl (C=O) groups is 1. The predicted molar refractivity (Wildman–Crippen MR) is 68.6 cm³/mol. The molecule has 0 radical (unpaired) electrons. The van der Waals surface area contributed by atoms with Gasteiger partial charge in [0, 0.05) is 20.1 Å². The summed E-state index contributed by atoms with van der Waals surface area (Å²) in [6, 6.07) is 9.83. The molecule has 0 spiro atoms. The summed E-state index contributed by atoms with van der Waals surface area (Å²) in [6.45, 7) is 2.08. The molecular weight excluding hydrogens is 214 g/mol. The summed E-state index contributed by atoms with van der Waals surface area (Å²) in [6.07, 6.45) is 1.99. The van der Waals surface area contributed by atoms with Gasteiger partial charge >= 0.3 is 0 Å². The zero-order valence-corrected chi connectivity index (χ0v) is 10.6. The summed E-state index contributed by atoms with van der Waals surface area (Å²) >= 11 is 0. The Balaban J connectivity index is 2.82. The average Bonchev–Trinajstić information content (AvgIpc) is 2.36. The lowest BCUT2D eigenvalue weighted by Crippen LogP contribution is -2.31. The Kier molecular flexibility index (Phi) is 5.70. The fourth-order valence-corrected chi connectivity index (χ4v) is 1.95. The molecule has 94 valence electrons. The van der Waals surface area contributed by atoms with Crippen molar-refractivity contribution in [3.63, 3.8) is 0 Å². The fraction of sp³-hybridized carbons (Fsp3) is 0.500. The molecule has 0 bridgehead atoms. The first-order valence-corrected chi connectivity index (χ1v) is 6.12. The van der Waals surface area contributed by atoms with E-state index in [1.54, 1.807) is 4.90 Å². The smallest absolute Gasteiger partial charge is 0.222 e. The van der Waals surface area contributed by atoms with E-state index >= 15 is 0 Å². The summed E-state index contributed by atoms with van der Waals surface area (Å²) in [5, 5.41) is 9.12. The van der Waals surface area contributed by atoms with Crippen molar-refractivity contribution in [2.24, 2.45) is 0 Å². The van der Waals surface area contributed by atoms with E-state index in [9.17, 15) is 4.79 Å². The lowest BCUT2D eigenvalue weighted by Gasteiger charge is -2.28. The van der Waals surface area contributed by atoms with Crippen LogP contribution in [0.3, 0.4) is 0 Å². The molecule has 0 aliphatic rings. The summed E-state index contributed by atoms with van der Waals surface area (Å²) in [5.74, 6) is 0.134. The normalized spacial score (nSPS) is 12.2. The van der Waals surface area contributed by atoms with Gasteiger partial charge in [-0.05, 0) is 18.4 Å². The van der Waals surface area contributed by atoms with Gasteiger partial charge in [-0.15, -0.1) is 0 Å². The standard InChI is InChI=1S/C14H21NO2/c1-3-7-14(17)15(2)13(10-11-16)12-8-5-4-6-9-12/h4-6,8-9,13,16H,3,7,10-11H2,1-2H3. The average molecular weight is 235 g/mol. The van der Waals surface area contributed by atoms with E-state index < -0.39 is 0 Å². The molecule has 0 aliphatic heterocycles. The van der Waals surface area contributed by atoms with Crippen molar-refractivity contribution in [3.05, 3.63) is 35.9 Å². The molecule has 0 fully saturated rings. The van der Waals surface area contributed by atoms with E-state index in [0.29, 0.717) is 12.8 Å². The summed E-state index contributed by atoms with van der Waals surface area (Å²) < 4.78 is 0. The lowest BCUT2D eigenvalue weighted by atomic mass is 10.0. The van der Waals surface area contributed by atoms with Crippen molar-refractivity contribution in [2.75, 3.05) is 13.7 Å².